The first kappa shape index (κ1) is 29.6. The Hall–Kier alpha value is -2.86. The minimum atomic E-state index is -0.600. The smallest absolute Gasteiger partial charge is 0.299 e. The SMILES string of the molecule is Cc1c(N=N/C(C#N)=C(\N2CCCCC2)N2C(=O)c3c(Br)c(Br)c(Br)c(Br)c3C2=O)c(=O)n(-c2ccccc2)n1C. The number of carbonyl (C=O) groups is 2. The zero-order valence-electron chi connectivity index (χ0n) is 21.8. The number of nitriles is 1. The summed E-state index contributed by atoms with van der Waals surface area (Å²) in [7, 11) is 1.73. The van der Waals surface area contributed by atoms with Crippen molar-refractivity contribution in [1.29, 1.82) is 5.26 Å². The number of azo groups is 1. The molecule has 0 unspecified atom stereocenters. The lowest BCUT2D eigenvalue weighted by molar-refractivity contribution is 0.0635. The molecule has 1 aromatic heterocycles. The fraction of sp³-hybridized carbons (Fsp3) is 0.259. The maximum Gasteiger partial charge on any atom is 0.299 e. The van der Waals surface area contributed by atoms with Gasteiger partial charge in [0.2, 0.25) is 5.70 Å². The third-order valence-corrected chi connectivity index (χ3v) is 11.8. The van der Waals surface area contributed by atoms with Crippen LogP contribution in [0.4, 0.5) is 5.69 Å². The highest BCUT2D eigenvalue weighted by atomic mass is 79.9. The molecule has 2 aromatic carbocycles. The van der Waals surface area contributed by atoms with E-state index in [4.69, 9.17) is 0 Å². The summed E-state index contributed by atoms with van der Waals surface area (Å²) in [4.78, 5) is 43.9. The lowest BCUT2D eigenvalue weighted by atomic mass is 10.1. The zero-order valence-corrected chi connectivity index (χ0v) is 28.1. The van der Waals surface area contributed by atoms with Crippen molar-refractivity contribution in [3.8, 4) is 11.8 Å². The molecule has 3 heterocycles. The van der Waals surface area contributed by atoms with Crippen molar-refractivity contribution >= 4 is 81.2 Å². The molecule has 0 atom stereocenters. The van der Waals surface area contributed by atoms with Crippen LogP contribution in [0.25, 0.3) is 5.69 Å². The van der Waals surface area contributed by atoms with Gasteiger partial charge in [0, 0.05) is 38.0 Å². The number of fused-ring (bicyclic) bond motifs is 1. The summed E-state index contributed by atoms with van der Waals surface area (Å²) in [6, 6.07) is 11.1. The summed E-state index contributed by atoms with van der Waals surface area (Å²) >= 11 is 13.8. The van der Waals surface area contributed by atoms with E-state index < -0.39 is 17.4 Å². The summed E-state index contributed by atoms with van der Waals surface area (Å²) in [5.41, 5.74) is 0.871. The van der Waals surface area contributed by atoms with Gasteiger partial charge in [-0.05, 0) is 102 Å². The van der Waals surface area contributed by atoms with E-state index in [-0.39, 0.29) is 28.3 Å². The monoisotopic (exact) mass is 807 g/mol. The Morgan fingerprint density at radius 2 is 1.44 bits per heavy atom. The molecular weight excluding hydrogens is 790 g/mol. The number of benzene rings is 2. The van der Waals surface area contributed by atoms with Gasteiger partial charge in [-0.15, -0.1) is 10.2 Å². The van der Waals surface area contributed by atoms with Crippen LogP contribution < -0.4 is 5.56 Å². The Morgan fingerprint density at radius 3 is 1.98 bits per heavy atom. The molecule has 0 radical (unpaired) electrons. The van der Waals surface area contributed by atoms with Crippen LogP contribution in [0.5, 0.6) is 0 Å². The normalized spacial score (nSPS) is 15.9. The van der Waals surface area contributed by atoms with Gasteiger partial charge in [0.15, 0.2) is 11.5 Å². The van der Waals surface area contributed by atoms with Crippen molar-refractivity contribution in [3.05, 3.63) is 86.9 Å². The van der Waals surface area contributed by atoms with Gasteiger partial charge in [-0.3, -0.25) is 19.1 Å². The Morgan fingerprint density at radius 1 is 0.878 bits per heavy atom. The lowest BCUT2D eigenvalue weighted by Gasteiger charge is -2.34. The van der Waals surface area contributed by atoms with Crippen LogP contribution in [-0.4, -0.2) is 44.1 Å². The molecule has 0 bridgehead atoms. The Bertz CT molecular complexity index is 1720. The predicted molar refractivity (Wildman–Crippen MR) is 166 cm³/mol. The molecular formula is C27H21Br4N7O3. The number of nitrogens with zero attached hydrogens (tertiary/aromatic N) is 7. The average Bonchev–Trinajstić information content (AvgIpc) is 3.36. The minimum absolute atomic E-state index is 0.0443. The number of allylic oxidation sites excluding steroid dienone is 1. The molecule has 0 saturated carbocycles. The Kier molecular flexibility index (Phi) is 8.52. The minimum Gasteiger partial charge on any atom is -0.355 e. The molecule has 41 heavy (non-hydrogen) atoms. The van der Waals surface area contributed by atoms with Gasteiger partial charge in [-0.2, -0.15) is 5.26 Å². The van der Waals surface area contributed by atoms with E-state index in [0.29, 0.717) is 42.4 Å². The zero-order chi connectivity index (χ0) is 29.6. The van der Waals surface area contributed by atoms with Crippen molar-refractivity contribution in [2.45, 2.75) is 26.2 Å². The summed E-state index contributed by atoms with van der Waals surface area (Å²) in [5, 5.41) is 18.7. The van der Waals surface area contributed by atoms with Crippen molar-refractivity contribution < 1.29 is 9.59 Å². The first-order valence-electron chi connectivity index (χ1n) is 12.5. The number of halogens is 4. The van der Waals surface area contributed by atoms with Gasteiger partial charge in [-0.25, -0.2) is 9.58 Å². The van der Waals surface area contributed by atoms with Crippen molar-refractivity contribution in [3.63, 3.8) is 0 Å². The van der Waals surface area contributed by atoms with Crippen molar-refractivity contribution in [2.75, 3.05) is 13.1 Å². The number of imide groups is 1. The molecule has 1 saturated heterocycles. The summed E-state index contributed by atoms with van der Waals surface area (Å²) in [6.07, 6.45) is 2.60. The van der Waals surface area contributed by atoms with E-state index in [0.717, 1.165) is 24.2 Å². The molecule has 2 aliphatic heterocycles. The van der Waals surface area contributed by atoms with Crippen LogP contribution in [0.1, 0.15) is 45.7 Å². The Labute approximate surface area is 268 Å². The van der Waals surface area contributed by atoms with Crippen LogP contribution in [0.15, 0.2) is 74.8 Å². The first-order chi connectivity index (χ1) is 19.6. The van der Waals surface area contributed by atoms with Crippen LogP contribution in [0.2, 0.25) is 0 Å². The number of hydrogen-bond acceptors (Lipinski definition) is 7. The van der Waals surface area contributed by atoms with Crippen molar-refractivity contribution in [2.24, 2.45) is 17.3 Å². The predicted octanol–water partition coefficient (Wildman–Crippen LogP) is 7.09. The standard InChI is InChI=1S/C27H21Br4N7O3/c1-14-23(27(41)38(35(14)2)15-9-5-3-6-10-15)34-33-16(13-32)24(36-11-7-4-8-12-36)37-25(39)17-18(26(37)40)20(29)22(31)21(30)19(17)28/h3,5-6,9-10H,4,7-8,11-12H2,1-2H3/b24-16+,34-33?. The van der Waals surface area contributed by atoms with Gasteiger partial charge >= 0.3 is 0 Å². The lowest BCUT2D eigenvalue weighted by Crippen LogP contribution is -2.42. The largest absolute Gasteiger partial charge is 0.355 e. The van der Waals surface area contributed by atoms with Crippen LogP contribution >= 0.6 is 63.7 Å². The molecule has 5 rings (SSSR count). The highest BCUT2D eigenvalue weighted by molar-refractivity contribution is 9.15. The molecule has 14 heteroatoms. The average molecular weight is 811 g/mol. The molecule has 10 nitrogen and oxygen atoms in total. The molecule has 0 N–H and O–H groups in total. The summed E-state index contributed by atoms with van der Waals surface area (Å²) in [5.74, 6) is -1.15. The number of para-hydroxylation sites is 1. The van der Waals surface area contributed by atoms with E-state index in [2.05, 4.69) is 73.9 Å². The van der Waals surface area contributed by atoms with Gasteiger partial charge in [0.25, 0.3) is 17.4 Å². The molecule has 1 fully saturated rings. The van der Waals surface area contributed by atoms with E-state index in [9.17, 15) is 19.6 Å². The van der Waals surface area contributed by atoms with E-state index in [1.54, 1.807) is 30.8 Å². The molecule has 3 aromatic rings. The number of hydrogen-bond donors (Lipinski definition) is 0. The maximum atomic E-state index is 13.9. The number of likely N-dealkylation sites (tertiary alicyclic amines) is 1. The quantitative estimate of drug-likeness (QED) is 0.0898. The highest BCUT2D eigenvalue weighted by Crippen LogP contribution is 2.46. The van der Waals surface area contributed by atoms with Crippen LogP contribution in [0, 0.1) is 18.3 Å². The molecule has 0 spiro atoms. The third-order valence-electron chi connectivity index (χ3n) is 7.06. The van der Waals surface area contributed by atoms with Gasteiger partial charge in [0.05, 0.1) is 22.5 Å². The second-order valence-corrected chi connectivity index (χ2v) is 12.6. The molecule has 2 amide bonds. The Balaban J connectivity index is 1.67. The maximum absolute atomic E-state index is 13.9. The van der Waals surface area contributed by atoms with E-state index in [1.165, 1.54) is 4.68 Å². The van der Waals surface area contributed by atoms with Gasteiger partial charge < -0.3 is 4.90 Å². The second-order valence-electron chi connectivity index (χ2n) is 9.39. The van der Waals surface area contributed by atoms with Crippen LogP contribution in [0.3, 0.4) is 0 Å². The highest BCUT2D eigenvalue weighted by Gasteiger charge is 2.45. The second kappa shape index (κ2) is 11.8. The summed E-state index contributed by atoms with van der Waals surface area (Å²) < 4.78 is 5.04. The van der Waals surface area contributed by atoms with Gasteiger partial charge in [-0.1, -0.05) is 18.2 Å². The number of rotatable bonds is 5. The fourth-order valence-electron chi connectivity index (χ4n) is 4.93. The molecule has 0 aliphatic carbocycles. The summed E-state index contributed by atoms with van der Waals surface area (Å²) in [6.45, 7) is 2.76. The fourth-order valence-corrected chi connectivity index (χ4v) is 7.39. The van der Waals surface area contributed by atoms with Crippen molar-refractivity contribution in [1.82, 2.24) is 19.2 Å². The number of piperidine rings is 1. The first-order valence-corrected chi connectivity index (χ1v) is 15.7. The number of amides is 2. The number of carbonyl (C=O) groups excluding carboxylic acids is 2. The number of aromatic nitrogens is 2. The van der Waals surface area contributed by atoms with Gasteiger partial charge in [0.1, 0.15) is 6.07 Å². The molecule has 2 aliphatic rings. The topological polar surface area (TPSA) is 116 Å². The third kappa shape index (κ3) is 4.96. The van der Waals surface area contributed by atoms with E-state index in [1.807, 2.05) is 29.2 Å². The van der Waals surface area contributed by atoms with E-state index >= 15 is 0 Å². The van der Waals surface area contributed by atoms with Crippen LogP contribution in [-0.2, 0) is 7.05 Å². The molecule has 210 valence electrons.